The highest BCUT2D eigenvalue weighted by Crippen LogP contribution is 2.33. The van der Waals surface area contributed by atoms with E-state index in [1.54, 1.807) is 41.3 Å². The molecule has 0 aliphatic heterocycles. The van der Waals surface area contributed by atoms with E-state index in [1.165, 1.54) is 24.4 Å². The molecule has 0 saturated heterocycles. The molecule has 8 heteroatoms. The van der Waals surface area contributed by atoms with Crippen molar-refractivity contribution in [3.05, 3.63) is 83.3 Å². The number of anilines is 2. The second-order valence-electron chi connectivity index (χ2n) is 7.52. The highest BCUT2D eigenvalue weighted by Gasteiger charge is 2.28. The summed E-state index contributed by atoms with van der Waals surface area (Å²) in [4.78, 5) is 25.5. The molecular weight excluding hydrogens is 385 g/mol. The molecule has 4 N–H and O–H groups in total. The Balaban J connectivity index is 2.13. The Hall–Kier alpha value is -3.81. The molecular formula is C22H22FN5O2. The number of halogens is 1. The van der Waals surface area contributed by atoms with Crippen LogP contribution in [0.1, 0.15) is 40.1 Å². The smallest absolute Gasteiger partial charge is 0.252 e. The molecule has 0 fully saturated rings. The Kier molecular flexibility index (Phi) is 5.77. The summed E-state index contributed by atoms with van der Waals surface area (Å²) in [6.07, 6.45) is 1.38. The van der Waals surface area contributed by atoms with Crippen molar-refractivity contribution in [3.63, 3.8) is 0 Å². The molecule has 2 aromatic carbocycles. The number of benzene rings is 2. The van der Waals surface area contributed by atoms with E-state index in [2.05, 4.69) is 10.2 Å². The van der Waals surface area contributed by atoms with Gasteiger partial charge >= 0.3 is 0 Å². The molecule has 1 heterocycles. The van der Waals surface area contributed by atoms with Crippen LogP contribution in [0, 0.1) is 5.82 Å². The first-order chi connectivity index (χ1) is 14.2. The summed E-state index contributed by atoms with van der Waals surface area (Å²) < 4.78 is 13.4. The molecule has 154 valence electrons. The zero-order valence-corrected chi connectivity index (χ0v) is 16.7. The number of carbonyl (C=O) groups is 2. The van der Waals surface area contributed by atoms with Crippen molar-refractivity contribution in [2.24, 2.45) is 11.5 Å². The van der Waals surface area contributed by atoms with E-state index in [4.69, 9.17) is 11.5 Å². The molecule has 30 heavy (non-hydrogen) atoms. The van der Waals surface area contributed by atoms with Gasteiger partial charge in [0.15, 0.2) is 5.82 Å². The van der Waals surface area contributed by atoms with Gasteiger partial charge in [0.1, 0.15) is 5.82 Å². The van der Waals surface area contributed by atoms with E-state index in [9.17, 15) is 14.0 Å². The van der Waals surface area contributed by atoms with Gasteiger partial charge in [0.05, 0.1) is 11.8 Å². The van der Waals surface area contributed by atoms with Crippen molar-refractivity contribution in [1.29, 1.82) is 0 Å². The second-order valence-corrected chi connectivity index (χ2v) is 7.52. The number of hydrogen-bond donors (Lipinski definition) is 2. The highest BCUT2D eigenvalue weighted by atomic mass is 19.1. The van der Waals surface area contributed by atoms with Crippen LogP contribution in [0.5, 0.6) is 0 Å². The van der Waals surface area contributed by atoms with E-state index < -0.39 is 17.2 Å². The molecule has 3 aromatic rings. The SMILES string of the molecule is CC(C)(CN(c1cccc(C(N)=O)c1)c1nnccc1C(N)=O)c1ccc(F)cc1. The van der Waals surface area contributed by atoms with Crippen molar-refractivity contribution < 1.29 is 14.0 Å². The maximum atomic E-state index is 13.4. The van der Waals surface area contributed by atoms with Crippen LogP contribution >= 0.6 is 0 Å². The average molecular weight is 407 g/mol. The van der Waals surface area contributed by atoms with Crippen molar-refractivity contribution in [1.82, 2.24) is 10.2 Å². The fraction of sp³-hybridized carbons (Fsp3) is 0.182. The van der Waals surface area contributed by atoms with Gasteiger partial charge in [-0.3, -0.25) is 9.59 Å². The first-order valence-electron chi connectivity index (χ1n) is 9.24. The Labute approximate surface area is 173 Å². The zero-order valence-electron chi connectivity index (χ0n) is 16.7. The predicted octanol–water partition coefficient (Wildman–Crippen LogP) is 2.93. The van der Waals surface area contributed by atoms with E-state index in [0.29, 0.717) is 17.8 Å². The monoisotopic (exact) mass is 407 g/mol. The van der Waals surface area contributed by atoms with Crippen LogP contribution in [-0.4, -0.2) is 28.6 Å². The minimum atomic E-state index is -0.657. The van der Waals surface area contributed by atoms with Crippen LogP contribution in [-0.2, 0) is 5.41 Å². The minimum absolute atomic E-state index is 0.185. The lowest BCUT2D eigenvalue weighted by Gasteiger charge is -2.34. The summed E-state index contributed by atoms with van der Waals surface area (Å²) in [5.74, 6) is -1.31. The first-order valence-corrected chi connectivity index (χ1v) is 9.24. The van der Waals surface area contributed by atoms with E-state index in [0.717, 1.165) is 5.56 Å². The van der Waals surface area contributed by atoms with Gasteiger partial charge in [0, 0.05) is 23.2 Å². The fourth-order valence-corrected chi connectivity index (χ4v) is 3.22. The third-order valence-electron chi connectivity index (χ3n) is 4.84. The largest absolute Gasteiger partial charge is 0.366 e. The van der Waals surface area contributed by atoms with Crippen LogP contribution in [0.2, 0.25) is 0 Å². The molecule has 7 nitrogen and oxygen atoms in total. The topological polar surface area (TPSA) is 115 Å². The van der Waals surface area contributed by atoms with E-state index >= 15 is 0 Å². The lowest BCUT2D eigenvalue weighted by atomic mass is 9.84. The number of primary amides is 2. The van der Waals surface area contributed by atoms with Crippen LogP contribution < -0.4 is 16.4 Å². The molecule has 3 rings (SSSR count). The molecule has 1 aromatic heterocycles. The normalized spacial score (nSPS) is 11.2. The third kappa shape index (κ3) is 4.43. The number of amides is 2. The predicted molar refractivity (Wildman–Crippen MR) is 112 cm³/mol. The maximum absolute atomic E-state index is 13.4. The molecule has 0 radical (unpaired) electrons. The maximum Gasteiger partial charge on any atom is 0.252 e. The standard InChI is InChI=1S/C22H22FN5O2/c1-22(2,15-6-8-16(23)9-7-15)13-28(17-5-3-4-14(12-17)19(24)29)21-18(20(25)30)10-11-26-27-21/h3-12H,13H2,1-2H3,(H2,24,29)(H2,25,30). The summed E-state index contributed by atoms with van der Waals surface area (Å²) in [6.45, 7) is 4.29. The van der Waals surface area contributed by atoms with Gasteiger partial charge in [0.25, 0.3) is 5.91 Å². The molecule has 2 amide bonds. The Morgan fingerprint density at radius 2 is 1.73 bits per heavy atom. The third-order valence-corrected chi connectivity index (χ3v) is 4.84. The number of carbonyl (C=O) groups excluding carboxylic acids is 2. The Morgan fingerprint density at radius 3 is 2.37 bits per heavy atom. The molecule has 0 unspecified atom stereocenters. The number of nitrogens with two attached hydrogens (primary N) is 2. The Morgan fingerprint density at radius 1 is 1.03 bits per heavy atom. The van der Waals surface area contributed by atoms with Crippen molar-refractivity contribution in [2.75, 3.05) is 11.4 Å². The van der Waals surface area contributed by atoms with Crippen LogP contribution in [0.3, 0.4) is 0 Å². The molecule has 0 aliphatic carbocycles. The van der Waals surface area contributed by atoms with E-state index in [1.807, 2.05) is 13.8 Å². The van der Waals surface area contributed by atoms with Crippen LogP contribution in [0.4, 0.5) is 15.9 Å². The van der Waals surface area contributed by atoms with Crippen molar-refractivity contribution in [2.45, 2.75) is 19.3 Å². The summed E-state index contributed by atoms with van der Waals surface area (Å²) in [5, 5.41) is 8.05. The highest BCUT2D eigenvalue weighted by molar-refractivity contribution is 5.99. The lowest BCUT2D eigenvalue weighted by molar-refractivity contribution is 0.0991. The quantitative estimate of drug-likeness (QED) is 0.625. The van der Waals surface area contributed by atoms with Crippen molar-refractivity contribution >= 4 is 23.3 Å². The number of aromatic nitrogens is 2. The van der Waals surface area contributed by atoms with Gasteiger partial charge in [-0.05, 0) is 42.0 Å². The zero-order chi connectivity index (χ0) is 21.9. The van der Waals surface area contributed by atoms with Gasteiger partial charge in [-0.15, -0.1) is 5.10 Å². The number of rotatable bonds is 7. The second kappa shape index (κ2) is 8.28. The van der Waals surface area contributed by atoms with Crippen molar-refractivity contribution in [3.8, 4) is 0 Å². The molecule has 0 saturated carbocycles. The van der Waals surface area contributed by atoms with Gasteiger partial charge in [-0.2, -0.15) is 5.10 Å². The van der Waals surface area contributed by atoms with Crippen LogP contribution in [0.25, 0.3) is 0 Å². The van der Waals surface area contributed by atoms with Gasteiger partial charge in [-0.25, -0.2) is 4.39 Å². The summed E-state index contributed by atoms with van der Waals surface area (Å²) >= 11 is 0. The first kappa shape index (κ1) is 20.9. The average Bonchev–Trinajstić information content (AvgIpc) is 2.72. The molecule has 0 atom stereocenters. The lowest BCUT2D eigenvalue weighted by Crippen LogP contribution is -2.36. The van der Waals surface area contributed by atoms with E-state index in [-0.39, 0.29) is 17.2 Å². The summed E-state index contributed by atoms with van der Waals surface area (Å²) in [6, 6.07) is 14.4. The number of hydrogen-bond acceptors (Lipinski definition) is 5. The number of nitrogens with zero attached hydrogens (tertiary/aromatic N) is 3. The summed E-state index contributed by atoms with van der Waals surface area (Å²) in [5.41, 5.74) is 12.4. The molecule has 0 bridgehead atoms. The van der Waals surface area contributed by atoms with Gasteiger partial charge in [-0.1, -0.05) is 32.0 Å². The molecule has 0 spiro atoms. The van der Waals surface area contributed by atoms with Gasteiger partial charge in [0.2, 0.25) is 5.91 Å². The summed E-state index contributed by atoms with van der Waals surface area (Å²) in [7, 11) is 0. The van der Waals surface area contributed by atoms with Crippen LogP contribution in [0.15, 0.2) is 60.8 Å². The van der Waals surface area contributed by atoms with Gasteiger partial charge < -0.3 is 16.4 Å². The fourth-order valence-electron chi connectivity index (χ4n) is 3.22. The minimum Gasteiger partial charge on any atom is -0.366 e. The molecule has 0 aliphatic rings. The Bertz CT molecular complexity index is 1080.